The average molecular weight is 585 g/mol. The highest BCUT2D eigenvalue weighted by Crippen LogP contribution is 2.43. The van der Waals surface area contributed by atoms with Crippen LogP contribution in [0.25, 0.3) is 33.1 Å². The van der Waals surface area contributed by atoms with Crippen LogP contribution in [0.5, 0.6) is 0 Å². The highest BCUT2D eigenvalue weighted by molar-refractivity contribution is 5.95. The number of rotatable bonds is 8. The Bertz CT molecular complexity index is 1820. The van der Waals surface area contributed by atoms with Crippen LogP contribution in [0.2, 0.25) is 0 Å². The highest BCUT2D eigenvalue weighted by atomic mass is 16.2. The lowest BCUT2D eigenvalue weighted by Crippen LogP contribution is -2.45. The van der Waals surface area contributed by atoms with E-state index >= 15 is 0 Å². The molecule has 226 valence electrons. The standard InChI is InChI=1S/C39H44N4O/c1-24-18-25(2)20-28(19-24)37-36(26(3)22-40-23-27-8-6-10-34-32(27)9-7-17-41-34)33-21-29(11-16-35(33)42-37)39(4,5)38(44)43-30-12-13-31(43)15-14-30/h6-11,16-21,26,30-31,40,42H,12-15,22-23H2,1-5H3/t26-,30?,31?/m1/s1. The molecule has 2 fully saturated rings. The van der Waals surface area contributed by atoms with E-state index in [9.17, 15) is 4.79 Å². The lowest BCUT2D eigenvalue weighted by Gasteiger charge is -2.33. The molecule has 44 heavy (non-hydrogen) atoms. The van der Waals surface area contributed by atoms with Crippen molar-refractivity contribution < 1.29 is 4.79 Å². The number of carbonyl (C=O) groups excluding carboxylic acids is 1. The fourth-order valence-electron chi connectivity index (χ4n) is 8.00. The van der Waals surface area contributed by atoms with E-state index < -0.39 is 5.41 Å². The zero-order chi connectivity index (χ0) is 30.6. The molecule has 2 N–H and O–H groups in total. The summed E-state index contributed by atoms with van der Waals surface area (Å²) in [5.74, 6) is 0.518. The van der Waals surface area contributed by atoms with Crippen molar-refractivity contribution in [1.29, 1.82) is 0 Å². The maximum atomic E-state index is 14.1. The number of carbonyl (C=O) groups is 1. The third-order valence-electron chi connectivity index (χ3n) is 10.3. The summed E-state index contributed by atoms with van der Waals surface area (Å²) in [6, 6.07) is 24.8. The SMILES string of the molecule is Cc1cc(C)cc(-c2[nH]c3ccc(C(C)(C)C(=O)N4C5CCC4CC5)cc3c2[C@H](C)CNCc2cccc3ncccc23)c1. The summed E-state index contributed by atoms with van der Waals surface area (Å²) in [4.78, 5) is 24.6. The minimum absolute atomic E-state index is 0.233. The average Bonchev–Trinajstić information content (AvgIpc) is 3.72. The van der Waals surface area contributed by atoms with Gasteiger partial charge >= 0.3 is 0 Å². The number of aromatic amines is 1. The molecule has 1 atom stereocenters. The number of aromatic nitrogens is 2. The number of fused-ring (bicyclic) bond motifs is 4. The molecule has 0 saturated carbocycles. The lowest BCUT2D eigenvalue weighted by atomic mass is 9.81. The first-order valence-electron chi connectivity index (χ1n) is 16.3. The summed E-state index contributed by atoms with van der Waals surface area (Å²) in [5.41, 5.74) is 10.1. The number of H-pyrrole nitrogens is 1. The van der Waals surface area contributed by atoms with Crippen molar-refractivity contribution >= 4 is 27.7 Å². The number of amides is 1. The summed E-state index contributed by atoms with van der Waals surface area (Å²) >= 11 is 0. The summed E-state index contributed by atoms with van der Waals surface area (Å²) < 4.78 is 0. The van der Waals surface area contributed by atoms with E-state index in [-0.39, 0.29) is 11.8 Å². The summed E-state index contributed by atoms with van der Waals surface area (Å²) in [7, 11) is 0. The first-order valence-corrected chi connectivity index (χ1v) is 16.3. The van der Waals surface area contributed by atoms with Crippen LogP contribution in [0, 0.1) is 13.8 Å². The monoisotopic (exact) mass is 584 g/mol. The fraction of sp³-hybridized carbons (Fsp3) is 0.385. The molecule has 0 aliphatic carbocycles. The van der Waals surface area contributed by atoms with Crippen molar-refractivity contribution in [2.75, 3.05) is 6.54 Å². The zero-order valence-corrected chi connectivity index (χ0v) is 26.7. The van der Waals surface area contributed by atoms with E-state index in [1.54, 1.807) is 0 Å². The maximum absolute atomic E-state index is 14.1. The Morgan fingerprint density at radius 1 is 0.955 bits per heavy atom. The Balaban J connectivity index is 1.24. The smallest absolute Gasteiger partial charge is 0.233 e. The quantitative estimate of drug-likeness (QED) is 0.193. The molecule has 0 unspecified atom stereocenters. The maximum Gasteiger partial charge on any atom is 0.233 e. The van der Waals surface area contributed by atoms with Crippen molar-refractivity contribution in [1.82, 2.24) is 20.2 Å². The van der Waals surface area contributed by atoms with Crippen molar-refractivity contribution in [2.24, 2.45) is 0 Å². The fourth-order valence-corrected chi connectivity index (χ4v) is 8.00. The van der Waals surface area contributed by atoms with Gasteiger partial charge in [0.2, 0.25) is 5.91 Å². The molecular formula is C39H44N4O. The van der Waals surface area contributed by atoms with E-state index in [1.165, 1.54) is 44.3 Å². The molecule has 2 bridgehead atoms. The molecule has 0 radical (unpaired) electrons. The van der Waals surface area contributed by atoms with Crippen LogP contribution >= 0.6 is 0 Å². The van der Waals surface area contributed by atoms with Gasteiger partial charge in [-0.3, -0.25) is 9.78 Å². The van der Waals surface area contributed by atoms with Gasteiger partial charge in [0, 0.05) is 47.7 Å². The third kappa shape index (κ3) is 5.01. The van der Waals surface area contributed by atoms with Gasteiger partial charge in [-0.25, -0.2) is 0 Å². The van der Waals surface area contributed by atoms with Gasteiger partial charge < -0.3 is 15.2 Å². The predicted octanol–water partition coefficient (Wildman–Crippen LogP) is 8.32. The van der Waals surface area contributed by atoms with Gasteiger partial charge in [0.25, 0.3) is 0 Å². The molecule has 5 heteroatoms. The van der Waals surface area contributed by atoms with E-state index in [4.69, 9.17) is 0 Å². The Morgan fingerprint density at radius 3 is 2.41 bits per heavy atom. The summed E-state index contributed by atoms with van der Waals surface area (Å²) in [5, 5.41) is 6.17. The van der Waals surface area contributed by atoms with Crippen LogP contribution in [0.3, 0.4) is 0 Å². The topological polar surface area (TPSA) is 61.0 Å². The highest BCUT2D eigenvalue weighted by Gasteiger charge is 2.47. The molecule has 7 rings (SSSR count). The zero-order valence-electron chi connectivity index (χ0n) is 26.7. The molecular weight excluding hydrogens is 540 g/mol. The number of benzene rings is 3. The van der Waals surface area contributed by atoms with Gasteiger partial charge in [-0.1, -0.05) is 48.4 Å². The van der Waals surface area contributed by atoms with Crippen molar-refractivity contribution in [3.8, 4) is 11.3 Å². The molecule has 0 spiro atoms. The van der Waals surface area contributed by atoms with Crippen LogP contribution in [-0.2, 0) is 16.8 Å². The Hall–Kier alpha value is -3.96. The molecule has 2 saturated heterocycles. The van der Waals surface area contributed by atoms with Crippen molar-refractivity contribution in [3.05, 3.63) is 101 Å². The lowest BCUT2D eigenvalue weighted by molar-refractivity contribution is -0.137. The number of aryl methyl sites for hydroxylation is 2. The van der Waals surface area contributed by atoms with E-state index in [0.29, 0.717) is 12.1 Å². The van der Waals surface area contributed by atoms with Crippen LogP contribution in [0.1, 0.15) is 80.2 Å². The van der Waals surface area contributed by atoms with E-state index in [0.717, 1.165) is 55.4 Å². The largest absolute Gasteiger partial charge is 0.354 e. The molecule has 2 aliphatic heterocycles. The Labute approximate surface area is 261 Å². The van der Waals surface area contributed by atoms with Crippen LogP contribution < -0.4 is 5.32 Å². The van der Waals surface area contributed by atoms with Gasteiger partial charge in [0.1, 0.15) is 0 Å². The number of nitrogens with zero attached hydrogens (tertiary/aromatic N) is 2. The molecule has 5 nitrogen and oxygen atoms in total. The Kier molecular flexibility index (Phi) is 7.32. The minimum atomic E-state index is -0.585. The number of hydrogen-bond acceptors (Lipinski definition) is 3. The van der Waals surface area contributed by atoms with Gasteiger partial charge in [-0.15, -0.1) is 0 Å². The van der Waals surface area contributed by atoms with E-state index in [2.05, 4.69) is 115 Å². The van der Waals surface area contributed by atoms with Crippen molar-refractivity contribution in [2.45, 2.75) is 90.3 Å². The van der Waals surface area contributed by atoms with Gasteiger partial charge in [-0.2, -0.15) is 0 Å². The first-order chi connectivity index (χ1) is 21.2. The second-order valence-corrected chi connectivity index (χ2v) is 13.9. The Morgan fingerprint density at radius 2 is 1.68 bits per heavy atom. The van der Waals surface area contributed by atoms with Gasteiger partial charge in [-0.05, 0) is 118 Å². The normalized spacial score (nSPS) is 18.9. The van der Waals surface area contributed by atoms with Crippen molar-refractivity contribution in [3.63, 3.8) is 0 Å². The molecule has 1 amide bonds. The predicted molar refractivity (Wildman–Crippen MR) is 181 cm³/mol. The second-order valence-electron chi connectivity index (χ2n) is 13.9. The molecule has 3 aromatic carbocycles. The number of nitrogens with one attached hydrogen (secondary N) is 2. The second kappa shape index (κ2) is 11.2. The molecule has 2 aromatic heterocycles. The summed E-state index contributed by atoms with van der Waals surface area (Å²) in [6.45, 7) is 12.5. The summed E-state index contributed by atoms with van der Waals surface area (Å²) in [6.07, 6.45) is 6.49. The molecule has 4 heterocycles. The van der Waals surface area contributed by atoms with Crippen LogP contribution in [0.15, 0.2) is 72.9 Å². The minimum Gasteiger partial charge on any atom is -0.354 e. The number of hydrogen-bond donors (Lipinski definition) is 2. The van der Waals surface area contributed by atoms with E-state index in [1.807, 2.05) is 12.3 Å². The van der Waals surface area contributed by atoms with Crippen LogP contribution in [0.4, 0.5) is 0 Å². The third-order valence-corrected chi connectivity index (χ3v) is 10.3. The number of pyridine rings is 1. The molecule has 5 aromatic rings. The van der Waals surface area contributed by atoms with Gasteiger partial charge in [0.15, 0.2) is 0 Å². The first kappa shape index (κ1) is 28.8. The van der Waals surface area contributed by atoms with Gasteiger partial charge in [0.05, 0.1) is 16.6 Å². The van der Waals surface area contributed by atoms with Crippen LogP contribution in [-0.4, -0.2) is 39.4 Å². The molecule has 2 aliphatic rings.